The van der Waals surface area contributed by atoms with Crippen LogP contribution >= 0.6 is 0 Å². The van der Waals surface area contributed by atoms with Crippen LogP contribution in [0.1, 0.15) is 113 Å². The number of aliphatic hydroxyl groups excluding tert-OH is 5. The van der Waals surface area contributed by atoms with Gasteiger partial charge in [0.1, 0.15) is 36.6 Å². The van der Waals surface area contributed by atoms with Crippen molar-refractivity contribution >= 4 is 5.97 Å². The van der Waals surface area contributed by atoms with Gasteiger partial charge in [0.05, 0.1) is 12.7 Å². The molecule has 2 saturated heterocycles. The Balaban J connectivity index is 1.08. The molecular formula is C41H66O11. The summed E-state index contributed by atoms with van der Waals surface area (Å²) in [6.45, 7) is 21.0. The molecule has 0 radical (unpaired) electrons. The summed E-state index contributed by atoms with van der Waals surface area (Å²) in [6, 6.07) is 0. The van der Waals surface area contributed by atoms with Gasteiger partial charge in [0.25, 0.3) is 0 Å². The fraction of sp³-hybridized carbons (Fsp3) is 0.927. The molecule has 296 valence electrons. The Morgan fingerprint density at radius 2 is 1.42 bits per heavy atom. The first kappa shape index (κ1) is 39.1. The van der Waals surface area contributed by atoms with E-state index < -0.39 is 67.9 Å². The number of hydrogen-bond acceptors (Lipinski definition) is 10. The number of carbonyl (C=O) groups is 1. The second-order valence-electron chi connectivity index (χ2n) is 19.9. The van der Waals surface area contributed by atoms with E-state index >= 15 is 0 Å². The maximum Gasteiger partial charge on any atom is 0.335 e. The molecule has 7 aliphatic rings. The molecule has 19 atom stereocenters. The predicted molar refractivity (Wildman–Crippen MR) is 190 cm³/mol. The fourth-order valence-corrected chi connectivity index (χ4v) is 14.3. The molecule has 2 aliphatic heterocycles. The van der Waals surface area contributed by atoms with Gasteiger partial charge >= 0.3 is 5.97 Å². The van der Waals surface area contributed by atoms with E-state index in [1.807, 2.05) is 0 Å². The number of carboxylic acids is 1. The molecule has 0 aromatic carbocycles. The fourth-order valence-electron chi connectivity index (χ4n) is 14.3. The van der Waals surface area contributed by atoms with Crippen molar-refractivity contribution in [1.29, 1.82) is 0 Å². The minimum atomic E-state index is -1.76. The molecule has 11 heteroatoms. The van der Waals surface area contributed by atoms with Crippen molar-refractivity contribution in [3.8, 4) is 0 Å². The monoisotopic (exact) mass is 734 g/mol. The Morgan fingerprint density at radius 1 is 0.750 bits per heavy atom. The summed E-state index contributed by atoms with van der Waals surface area (Å²) >= 11 is 0. The maximum absolute atomic E-state index is 12.4. The minimum absolute atomic E-state index is 0.0850. The number of ether oxygens (including phenoxy) is 4. The lowest BCUT2D eigenvalue weighted by Crippen LogP contribution is -2.67. The lowest BCUT2D eigenvalue weighted by molar-refractivity contribution is -0.343. The Hall–Kier alpha value is -1.15. The van der Waals surface area contributed by atoms with E-state index in [1.165, 1.54) is 44.1 Å². The minimum Gasteiger partial charge on any atom is -0.479 e. The van der Waals surface area contributed by atoms with Crippen LogP contribution in [0.2, 0.25) is 0 Å². The highest BCUT2D eigenvalue weighted by atomic mass is 16.7. The van der Waals surface area contributed by atoms with Crippen molar-refractivity contribution in [1.82, 2.24) is 0 Å². The molecule has 0 spiro atoms. The molecule has 0 amide bonds. The van der Waals surface area contributed by atoms with Crippen LogP contribution in [0, 0.1) is 56.7 Å². The van der Waals surface area contributed by atoms with E-state index in [9.17, 15) is 35.4 Å². The van der Waals surface area contributed by atoms with E-state index in [4.69, 9.17) is 18.9 Å². The predicted octanol–water partition coefficient (Wildman–Crippen LogP) is 4.40. The van der Waals surface area contributed by atoms with Gasteiger partial charge < -0.3 is 49.6 Å². The molecule has 11 nitrogen and oxygen atoms in total. The number of hydrogen-bond donors (Lipinski definition) is 6. The largest absolute Gasteiger partial charge is 0.479 e. The van der Waals surface area contributed by atoms with Crippen molar-refractivity contribution < 1.29 is 54.4 Å². The highest BCUT2D eigenvalue weighted by Crippen LogP contribution is 2.77. The molecule has 2 heterocycles. The SMILES string of the molecule is C=C(C)C1CC[C@]2(C)CC[C@]3(C)C(CCC4[C@@]5(C)CCC(O[C@@H]6O[C@H](C(=O)O)[C@@H](O[C@@H]7O[C@@H](CO)[C@H](O)[C@H]7O)[C@H](O)[C@H]6O)C(C)(C)C5CC[C@]43C)C12. The standard InChI is InChI=1S/C41H66O11/c1-20(2)21-11-14-38(5)17-18-40(7)22(27(21)38)9-10-25-39(6)15-13-26(37(3,4)24(39)12-16-41(25,40)8)50-36-31(46)29(44)32(33(52-36)34(47)48)51-35-30(45)28(43)23(19-42)49-35/h21-33,35-36,42-46H,1,9-19H2,2-8H3,(H,47,48)/t21?,22?,23-,24?,25?,26?,27?,28-,29+,30+,31+,32-,33-,35-,36+,38+,39-,40+,41+/m0/s1. The van der Waals surface area contributed by atoms with Gasteiger partial charge in [-0.25, -0.2) is 4.79 Å². The van der Waals surface area contributed by atoms with Gasteiger partial charge in [0.2, 0.25) is 0 Å². The number of allylic oxidation sites excluding steroid dienone is 1. The van der Waals surface area contributed by atoms with Crippen LogP contribution in [0.3, 0.4) is 0 Å². The first-order valence-electron chi connectivity index (χ1n) is 20.1. The van der Waals surface area contributed by atoms with Crippen LogP contribution in [-0.2, 0) is 23.7 Å². The van der Waals surface area contributed by atoms with Gasteiger partial charge in [-0.3, -0.25) is 0 Å². The van der Waals surface area contributed by atoms with Crippen molar-refractivity contribution in [3.63, 3.8) is 0 Å². The molecule has 7 fully saturated rings. The second kappa shape index (κ2) is 13.2. The van der Waals surface area contributed by atoms with Crippen LogP contribution in [0.5, 0.6) is 0 Å². The average molecular weight is 735 g/mol. The lowest BCUT2D eigenvalue weighted by Gasteiger charge is -2.73. The second-order valence-corrected chi connectivity index (χ2v) is 19.9. The molecule has 52 heavy (non-hydrogen) atoms. The molecule has 0 aromatic rings. The maximum atomic E-state index is 12.4. The third kappa shape index (κ3) is 5.56. The molecular weight excluding hydrogens is 668 g/mol. The summed E-state index contributed by atoms with van der Waals surface area (Å²) in [5.74, 6) is 1.51. The number of rotatable bonds is 7. The van der Waals surface area contributed by atoms with Crippen LogP contribution in [0.4, 0.5) is 0 Å². The van der Waals surface area contributed by atoms with Gasteiger partial charge in [-0.15, -0.1) is 0 Å². The highest BCUT2D eigenvalue weighted by molar-refractivity contribution is 5.73. The van der Waals surface area contributed by atoms with Gasteiger partial charge in [-0.1, -0.05) is 53.7 Å². The third-order valence-electron chi connectivity index (χ3n) is 17.3. The number of fused-ring (bicyclic) bond motifs is 7. The molecule has 5 aliphatic carbocycles. The Bertz CT molecular complexity index is 1390. The van der Waals surface area contributed by atoms with E-state index in [0.717, 1.165) is 19.3 Å². The van der Waals surface area contributed by atoms with Crippen molar-refractivity contribution in [2.75, 3.05) is 6.61 Å². The van der Waals surface area contributed by atoms with E-state index in [-0.39, 0.29) is 27.8 Å². The van der Waals surface area contributed by atoms with Crippen LogP contribution in [0.25, 0.3) is 0 Å². The molecule has 5 saturated carbocycles. The quantitative estimate of drug-likeness (QED) is 0.162. The van der Waals surface area contributed by atoms with E-state index in [2.05, 4.69) is 55.0 Å². The number of carboxylic acid groups (broad SMARTS) is 1. The highest BCUT2D eigenvalue weighted by Gasteiger charge is 2.70. The summed E-state index contributed by atoms with van der Waals surface area (Å²) in [4.78, 5) is 12.4. The average Bonchev–Trinajstić information content (AvgIpc) is 3.57. The molecule has 6 unspecified atom stereocenters. The van der Waals surface area contributed by atoms with Crippen LogP contribution < -0.4 is 0 Å². The summed E-state index contributed by atoms with van der Waals surface area (Å²) < 4.78 is 23.4. The first-order chi connectivity index (χ1) is 24.2. The van der Waals surface area contributed by atoms with Crippen molar-refractivity contribution in [2.24, 2.45) is 56.7 Å². The first-order valence-corrected chi connectivity index (χ1v) is 20.1. The Labute approximate surface area is 309 Å². The molecule has 0 aromatic heterocycles. The third-order valence-corrected chi connectivity index (χ3v) is 17.3. The van der Waals surface area contributed by atoms with E-state index in [0.29, 0.717) is 41.4 Å². The van der Waals surface area contributed by atoms with Gasteiger partial charge in [-0.05, 0) is 128 Å². The van der Waals surface area contributed by atoms with Crippen molar-refractivity contribution in [3.05, 3.63) is 12.2 Å². The van der Waals surface area contributed by atoms with Crippen molar-refractivity contribution in [2.45, 2.75) is 174 Å². The number of aliphatic carboxylic acids is 1. The van der Waals surface area contributed by atoms with E-state index in [1.54, 1.807) is 0 Å². The molecule has 6 N–H and O–H groups in total. The zero-order chi connectivity index (χ0) is 37.9. The van der Waals surface area contributed by atoms with Crippen LogP contribution in [-0.4, -0.2) is 105 Å². The zero-order valence-electron chi connectivity index (χ0n) is 32.4. The van der Waals surface area contributed by atoms with Crippen LogP contribution in [0.15, 0.2) is 12.2 Å². The topological polar surface area (TPSA) is 175 Å². The summed E-state index contributed by atoms with van der Waals surface area (Å²) in [7, 11) is 0. The molecule has 7 rings (SSSR count). The summed E-state index contributed by atoms with van der Waals surface area (Å²) in [6.07, 6.45) is -2.78. The Kier molecular flexibility index (Phi) is 9.94. The number of aliphatic hydroxyl groups is 5. The lowest BCUT2D eigenvalue weighted by atomic mass is 9.32. The van der Waals surface area contributed by atoms with Gasteiger partial charge in [0.15, 0.2) is 18.7 Å². The molecule has 0 bridgehead atoms. The normalized spacial score (nSPS) is 55.5. The summed E-state index contributed by atoms with van der Waals surface area (Å²) in [5.41, 5.74) is 2.02. The summed E-state index contributed by atoms with van der Waals surface area (Å²) in [5, 5.41) is 62.5. The smallest absolute Gasteiger partial charge is 0.335 e. The van der Waals surface area contributed by atoms with Gasteiger partial charge in [0, 0.05) is 0 Å². The van der Waals surface area contributed by atoms with Gasteiger partial charge in [-0.2, -0.15) is 0 Å². The zero-order valence-corrected chi connectivity index (χ0v) is 32.4. The Morgan fingerprint density at radius 3 is 2.06 bits per heavy atom.